The average molecular weight is 220 g/mol. The highest BCUT2D eigenvalue weighted by Crippen LogP contribution is 2.20. The first-order chi connectivity index (χ1) is 7.81. The van der Waals surface area contributed by atoms with E-state index in [0.717, 1.165) is 18.7 Å². The minimum absolute atomic E-state index is 0.0619. The van der Waals surface area contributed by atoms with Crippen molar-refractivity contribution in [1.29, 1.82) is 0 Å². The van der Waals surface area contributed by atoms with E-state index in [-0.39, 0.29) is 5.92 Å². The van der Waals surface area contributed by atoms with Crippen LogP contribution in [0.15, 0.2) is 18.3 Å². The van der Waals surface area contributed by atoms with E-state index >= 15 is 0 Å². The average Bonchev–Trinajstić information content (AvgIpc) is 2.33. The van der Waals surface area contributed by atoms with Crippen molar-refractivity contribution in [3.8, 4) is 5.88 Å². The van der Waals surface area contributed by atoms with Crippen LogP contribution in [0.2, 0.25) is 0 Å². The van der Waals surface area contributed by atoms with Crippen molar-refractivity contribution in [3.05, 3.63) is 23.9 Å². The molecule has 0 aliphatic carbocycles. The zero-order valence-electron chi connectivity index (χ0n) is 9.40. The largest absolute Gasteiger partial charge is 0.481 e. The van der Waals surface area contributed by atoms with Crippen LogP contribution in [0.3, 0.4) is 0 Å². The van der Waals surface area contributed by atoms with Crippen LogP contribution < -0.4 is 10.1 Å². The van der Waals surface area contributed by atoms with Gasteiger partial charge in [0.15, 0.2) is 0 Å². The minimum atomic E-state index is 0.0619. The predicted octanol–water partition coefficient (Wildman–Crippen LogP) is 0.811. The van der Waals surface area contributed by atoms with Crippen LogP contribution in [0.4, 0.5) is 0 Å². The third-order valence-electron chi connectivity index (χ3n) is 2.90. The fraction of sp³-hybridized carbons (Fsp3) is 0.500. The lowest BCUT2D eigenvalue weighted by atomic mass is 9.91. The molecule has 1 fully saturated rings. The van der Waals surface area contributed by atoms with Gasteiger partial charge in [-0.05, 0) is 12.5 Å². The highest BCUT2D eigenvalue weighted by Gasteiger charge is 2.23. The summed E-state index contributed by atoms with van der Waals surface area (Å²) >= 11 is 0. The standard InChI is InChI=1S/C12H16N2O2/c1-16-12-9(3-2-5-14-12)7-10-8-13-6-4-11(10)15/h2-3,5,10,13H,4,6-8H2,1H3. The fourth-order valence-electron chi connectivity index (χ4n) is 2.02. The molecule has 4 nitrogen and oxygen atoms in total. The van der Waals surface area contributed by atoms with Crippen molar-refractivity contribution in [1.82, 2.24) is 10.3 Å². The molecule has 1 aliphatic heterocycles. The number of Topliss-reactive ketones (excluding diaryl/α,β-unsaturated/α-hetero) is 1. The molecule has 2 rings (SSSR count). The van der Waals surface area contributed by atoms with Gasteiger partial charge < -0.3 is 10.1 Å². The molecule has 0 spiro atoms. The third kappa shape index (κ3) is 2.39. The van der Waals surface area contributed by atoms with Gasteiger partial charge in [0.05, 0.1) is 7.11 Å². The van der Waals surface area contributed by atoms with Crippen LogP contribution >= 0.6 is 0 Å². The Kier molecular flexibility index (Phi) is 3.51. The number of ether oxygens (including phenoxy) is 1. The highest BCUT2D eigenvalue weighted by molar-refractivity contribution is 5.82. The Morgan fingerprint density at radius 1 is 1.62 bits per heavy atom. The van der Waals surface area contributed by atoms with Crippen LogP contribution in [-0.2, 0) is 11.2 Å². The number of carbonyl (C=O) groups excluding carboxylic acids is 1. The molecule has 4 heteroatoms. The van der Waals surface area contributed by atoms with Gasteiger partial charge in [-0.15, -0.1) is 0 Å². The first-order valence-corrected chi connectivity index (χ1v) is 5.52. The third-order valence-corrected chi connectivity index (χ3v) is 2.90. The van der Waals surface area contributed by atoms with Crippen LogP contribution in [0.5, 0.6) is 5.88 Å². The molecule has 1 aromatic heterocycles. The summed E-state index contributed by atoms with van der Waals surface area (Å²) in [5.41, 5.74) is 1.01. The van der Waals surface area contributed by atoms with Crippen molar-refractivity contribution in [3.63, 3.8) is 0 Å². The van der Waals surface area contributed by atoms with Gasteiger partial charge in [0.25, 0.3) is 0 Å². The molecule has 0 radical (unpaired) electrons. The maximum atomic E-state index is 11.7. The van der Waals surface area contributed by atoms with Crippen LogP contribution in [-0.4, -0.2) is 31.0 Å². The van der Waals surface area contributed by atoms with Gasteiger partial charge in [-0.2, -0.15) is 0 Å². The number of hydrogen-bond acceptors (Lipinski definition) is 4. The Hall–Kier alpha value is -1.42. The molecule has 1 aliphatic rings. The zero-order chi connectivity index (χ0) is 11.4. The lowest BCUT2D eigenvalue weighted by Gasteiger charge is -2.21. The van der Waals surface area contributed by atoms with Gasteiger partial charge >= 0.3 is 0 Å². The molecule has 1 aromatic rings. The van der Waals surface area contributed by atoms with Crippen molar-refractivity contribution < 1.29 is 9.53 Å². The number of piperidine rings is 1. The van der Waals surface area contributed by atoms with E-state index in [4.69, 9.17) is 4.74 Å². The summed E-state index contributed by atoms with van der Waals surface area (Å²) in [5.74, 6) is 1.03. The Labute approximate surface area is 95.0 Å². The molecule has 0 amide bonds. The molecule has 0 aromatic carbocycles. The molecular weight excluding hydrogens is 204 g/mol. The number of pyridine rings is 1. The Morgan fingerprint density at radius 3 is 3.25 bits per heavy atom. The summed E-state index contributed by atoms with van der Waals surface area (Å²) in [6.07, 6.45) is 3.04. The summed E-state index contributed by atoms with van der Waals surface area (Å²) in [6.45, 7) is 1.57. The van der Waals surface area contributed by atoms with E-state index in [1.807, 2.05) is 12.1 Å². The second kappa shape index (κ2) is 5.07. The summed E-state index contributed by atoms with van der Waals surface area (Å²) in [7, 11) is 1.60. The molecule has 1 N–H and O–H groups in total. The molecule has 1 atom stereocenters. The van der Waals surface area contributed by atoms with Crippen LogP contribution in [0, 0.1) is 5.92 Å². The number of nitrogens with one attached hydrogen (secondary N) is 1. The minimum Gasteiger partial charge on any atom is -0.481 e. The summed E-state index contributed by atoms with van der Waals surface area (Å²) in [6, 6.07) is 3.84. The number of ketones is 1. The first kappa shape index (κ1) is 11.1. The topological polar surface area (TPSA) is 51.2 Å². The SMILES string of the molecule is COc1ncccc1CC1CNCCC1=O. The quantitative estimate of drug-likeness (QED) is 0.819. The van der Waals surface area contributed by atoms with Crippen molar-refractivity contribution >= 4 is 5.78 Å². The summed E-state index contributed by atoms with van der Waals surface area (Å²) in [5, 5.41) is 3.24. The van der Waals surface area contributed by atoms with Crippen molar-refractivity contribution in [2.75, 3.05) is 20.2 Å². The lowest BCUT2D eigenvalue weighted by molar-refractivity contribution is -0.123. The van der Waals surface area contributed by atoms with Gasteiger partial charge in [0.1, 0.15) is 5.78 Å². The van der Waals surface area contributed by atoms with Gasteiger partial charge in [0.2, 0.25) is 5.88 Å². The molecule has 16 heavy (non-hydrogen) atoms. The normalized spacial score (nSPS) is 20.8. The van der Waals surface area contributed by atoms with Crippen molar-refractivity contribution in [2.24, 2.45) is 5.92 Å². The fourth-order valence-corrected chi connectivity index (χ4v) is 2.02. The molecule has 2 heterocycles. The number of rotatable bonds is 3. The highest BCUT2D eigenvalue weighted by atomic mass is 16.5. The van der Waals surface area contributed by atoms with E-state index in [2.05, 4.69) is 10.3 Å². The van der Waals surface area contributed by atoms with Gasteiger partial charge in [0, 0.05) is 37.2 Å². The van der Waals surface area contributed by atoms with Gasteiger partial charge in [-0.25, -0.2) is 4.98 Å². The zero-order valence-corrected chi connectivity index (χ0v) is 9.40. The Morgan fingerprint density at radius 2 is 2.50 bits per heavy atom. The second-order valence-corrected chi connectivity index (χ2v) is 3.99. The number of hydrogen-bond donors (Lipinski definition) is 1. The van der Waals surface area contributed by atoms with Crippen molar-refractivity contribution in [2.45, 2.75) is 12.8 Å². The van der Waals surface area contributed by atoms with E-state index in [9.17, 15) is 4.79 Å². The number of nitrogens with zero attached hydrogens (tertiary/aromatic N) is 1. The van der Waals surface area contributed by atoms with Gasteiger partial charge in [-0.3, -0.25) is 4.79 Å². The Balaban J connectivity index is 2.10. The summed E-state index contributed by atoms with van der Waals surface area (Å²) < 4.78 is 5.18. The summed E-state index contributed by atoms with van der Waals surface area (Å²) in [4.78, 5) is 15.8. The monoisotopic (exact) mass is 220 g/mol. The predicted molar refractivity (Wildman–Crippen MR) is 60.5 cm³/mol. The molecule has 86 valence electrons. The number of methoxy groups -OCH3 is 1. The number of aromatic nitrogens is 1. The second-order valence-electron chi connectivity index (χ2n) is 3.99. The molecular formula is C12H16N2O2. The van der Waals surface area contributed by atoms with Crippen LogP contribution in [0.25, 0.3) is 0 Å². The van der Waals surface area contributed by atoms with E-state index in [1.165, 1.54) is 0 Å². The van der Waals surface area contributed by atoms with E-state index in [0.29, 0.717) is 24.5 Å². The molecule has 0 saturated carbocycles. The molecule has 1 saturated heterocycles. The smallest absolute Gasteiger partial charge is 0.216 e. The maximum Gasteiger partial charge on any atom is 0.216 e. The van der Waals surface area contributed by atoms with E-state index < -0.39 is 0 Å². The first-order valence-electron chi connectivity index (χ1n) is 5.52. The van der Waals surface area contributed by atoms with Crippen LogP contribution in [0.1, 0.15) is 12.0 Å². The molecule has 1 unspecified atom stereocenters. The van der Waals surface area contributed by atoms with E-state index in [1.54, 1.807) is 13.3 Å². The Bertz CT molecular complexity index is 379. The van der Waals surface area contributed by atoms with Gasteiger partial charge in [-0.1, -0.05) is 6.07 Å². The number of carbonyl (C=O) groups is 1. The maximum absolute atomic E-state index is 11.7. The molecule has 0 bridgehead atoms. The lowest BCUT2D eigenvalue weighted by Crippen LogP contribution is -2.38.